The molecule has 1 aromatic heterocycles. The highest BCUT2D eigenvalue weighted by molar-refractivity contribution is 7.71. The summed E-state index contributed by atoms with van der Waals surface area (Å²) in [6.45, 7) is 0.0132. The van der Waals surface area contributed by atoms with Gasteiger partial charge in [-0.3, -0.25) is 0 Å². The molecule has 7 nitrogen and oxygen atoms in total. The number of aromatic nitrogens is 2. The highest BCUT2D eigenvalue weighted by Gasteiger charge is 2.26. The molecule has 142 valence electrons. The molecule has 3 rings (SSSR count). The van der Waals surface area contributed by atoms with Crippen LogP contribution in [0, 0.1) is 16.4 Å². The summed E-state index contributed by atoms with van der Waals surface area (Å²) >= 11 is 5.28. The van der Waals surface area contributed by atoms with E-state index in [1.807, 2.05) is 10.8 Å². The maximum absolute atomic E-state index is 13.7. The summed E-state index contributed by atoms with van der Waals surface area (Å²) in [5.41, 5.74) is 7.08. The Kier molecular flexibility index (Phi) is 6.83. The van der Waals surface area contributed by atoms with Gasteiger partial charge in [-0.15, -0.1) is 0 Å². The van der Waals surface area contributed by atoms with E-state index in [1.165, 1.54) is 6.07 Å². The topological polar surface area (TPSA) is 114 Å². The van der Waals surface area contributed by atoms with Crippen LogP contribution in [0.1, 0.15) is 17.3 Å². The number of nitrogens with zero attached hydrogens (tertiary/aromatic N) is 1. The van der Waals surface area contributed by atoms with Crippen LogP contribution in [0.5, 0.6) is 5.75 Å². The monoisotopic (exact) mass is 387 g/mol. The van der Waals surface area contributed by atoms with E-state index in [0.717, 1.165) is 11.8 Å². The molecule has 26 heavy (non-hydrogen) atoms. The first-order chi connectivity index (χ1) is 12.4. The fourth-order valence-corrected chi connectivity index (χ4v) is 3.07. The molecule has 0 fully saturated rings. The van der Waals surface area contributed by atoms with Crippen molar-refractivity contribution in [2.45, 2.75) is 18.9 Å². The molecule has 5 N–H and O–H groups in total. The third kappa shape index (κ3) is 4.65. The normalized spacial score (nSPS) is 15.5. The number of carbonyl (C=O) groups is 1. The number of aliphatic carboxylic acids is 1. The number of hydrogen-bond donors (Lipinski definition) is 4. The molecule has 1 aromatic carbocycles. The zero-order valence-electron chi connectivity index (χ0n) is 13.7. The van der Waals surface area contributed by atoms with Crippen LogP contribution in [-0.4, -0.2) is 45.5 Å². The molecule has 1 atom stereocenters. The highest BCUT2D eigenvalue weighted by Crippen LogP contribution is 2.33. The first kappa shape index (κ1) is 20.0. The van der Waals surface area contributed by atoms with Gasteiger partial charge in [0, 0.05) is 36.4 Å². The van der Waals surface area contributed by atoms with E-state index >= 15 is 0 Å². The lowest BCUT2D eigenvalue weighted by atomic mass is 10.0. The molecule has 0 saturated heterocycles. The third-order valence-electron chi connectivity index (χ3n) is 3.75. The second-order valence-corrected chi connectivity index (χ2v) is 5.98. The summed E-state index contributed by atoms with van der Waals surface area (Å²) in [6.07, 6.45) is 2.96. The van der Waals surface area contributed by atoms with Gasteiger partial charge < -0.3 is 30.2 Å². The molecule has 0 aliphatic carbocycles. The van der Waals surface area contributed by atoms with Crippen LogP contribution in [0.2, 0.25) is 0 Å². The zero-order valence-corrected chi connectivity index (χ0v) is 14.6. The maximum Gasteiger partial charge on any atom is 0.329 e. The Morgan fingerprint density at radius 1 is 1.46 bits per heavy atom. The van der Waals surface area contributed by atoms with E-state index in [1.54, 1.807) is 0 Å². The number of halogens is 2. The number of carboxylic acid groups (broad SMARTS) is 1. The Hall–Kier alpha value is -2.30. The van der Waals surface area contributed by atoms with Crippen molar-refractivity contribution in [2.75, 3.05) is 19.8 Å². The number of aromatic amines is 1. The largest absolute Gasteiger partial charge is 0.488 e. The van der Waals surface area contributed by atoms with E-state index < -0.39 is 24.2 Å². The van der Waals surface area contributed by atoms with E-state index in [0.29, 0.717) is 36.3 Å². The summed E-state index contributed by atoms with van der Waals surface area (Å²) < 4.78 is 35.0. The zero-order chi connectivity index (χ0) is 19.3. The fourth-order valence-electron chi connectivity index (χ4n) is 2.74. The number of aliphatic hydroxyl groups is 1. The summed E-state index contributed by atoms with van der Waals surface area (Å²) in [5, 5.41) is 15.0. The van der Waals surface area contributed by atoms with Crippen LogP contribution in [0.15, 0.2) is 18.3 Å². The van der Waals surface area contributed by atoms with Crippen molar-refractivity contribution >= 4 is 18.2 Å². The van der Waals surface area contributed by atoms with Crippen LogP contribution in [0.3, 0.4) is 0 Å². The van der Waals surface area contributed by atoms with Gasteiger partial charge in [0.1, 0.15) is 19.0 Å². The van der Waals surface area contributed by atoms with Crippen molar-refractivity contribution in [2.24, 2.45) is 5.73 Å². The molecular formula is C16H19F2N3O4S. The number of aliphatic hydroxyl groups excluding tert-OH is 1. The summed E-state index contributed by atoms with van der Waals surface area (Å²) in [4.78, 5) is 12.1. The molecule has 1 aliphatic heterocycles. The van der Waals surface area contributed by atoms with Crippen molar-refractivity contribution in [3.8, 4) is 5.75 Å². The predicted molar refractivity (Wildman–Crippen MR) is 91.7 cm³/mol. The van der Waals surface area contributed by atoms with Crippen LogP contribution in [-0.2, 0) is 17.6 Å². The number of rotatable bonds is 4. The lowest BCUT2D eigenvalue weighted by Gasteiger charge is -2.27. The molecule has 2 aromatic rings. The summed E-state index contributed by atoms with van der Waals surface area (Å²) in [5.74, 6) is -2.32. The number of nitrogens with two attached hydrogens (primary N) is 1. The van der Waals surface area contributed by atoms with E-state index in [2.05, 4.69) is 4.98 Å². The molecule has 2 heterocycles. The fraction of sp³-hybridized carbons (Fsp3) is 0.375. The first-order valence-electron chi connectivity index (χ1n) is 7.79. The Morgan fingerprint density at radius 2 is 2.15 bits per heavy atom. The highest BCUT2D eigenvalue weighted by atomic mass is 32.1. The molecule has 0 radical (unpaired) electrons. The van der Waals surface area contributed by atoms with Crippen LogP contribution < -0.4 is 10.5 Å². The van der Waals surface area contributed by atoms with Crippen LogP contribution in [0.25, 0.3) is 0 Å². The number of ether oxygens (including phenoxy) is 1. The minimum absolute atomic E-state index is 0.0981. The van der Waals surface area contributed by atoms with Gasteiger partial charge in [0.2, 0.25) is 0 Å². The summed E-state index contributed by atoms with van der Waals surface area (Å²) in [6, 6.07) is 2.05. The Morgan fingerprint density at radius 3 is 2.77 bits per heavy atom. The number of H-pyrrole nitrogens is 1. The molecular weight excluding hydrogens is 368 g/mol. The van der Waals surface area contributed by atoms with Crippen molar-refractivity contribution in [1.29, 1.82) is 0 Å². The van der Waals surface area contributed by atoms with Crippen molar-refractivity contribution in [1.82, 2.24) is 9.55 Å². The third-order valence-corrected chi connectivity index (χ3v) is 4.07. The average Bonchev–Trinajstić information content (AvgIpc) is 2.95. The van der Waals surface area contributed by atoms with Gasteiger partial charge in [0.15, 0.2) is 16.3 Å². The predicted octanol–water partition coefficient (Wildman–Crippen LogP) is 1.56. The van der Waals surface area contributed by atoms with E-state index in [9.17, 15) is 8.78 Å². The first-order valence-corrected chi connectivity index (χ1v) is 8.20. The standard InChI is InChI=1S/C14H15F2N3OS.C2H4O3/c15-9-3-8-4-11(7-20-13(8)12(16)5-9)19-10(1-2-17)6-18-14(19)21;3-1-2(4)5/h3,5-6,11H,1-2,4,7,17H2,(H,18,21);3H,1H2,(H,4,5). The SMILES string of the molecule is NCCc1c[nH]c(=S)n1C1COc2c(F)cc(F)cc2C1.O=C(O)CO. The number of benzene rings is 1. The molecule has 0 saturated carbocycles. The van der Waals surface area contributed by atoms with Crippen LogP contribution in [0.4, 0.5) is 8.78 Å². The van der Waals surface area contributed by atoms with E-state index in [-0.39, 0.29) is 11.8 Å². The Balaban J connectivity index is 0.000000431. The van der Waals surface area contributed by atoms with Gasteiger partial charge in [-0.25, -0.2) is 13.6 Å². The van der Waals surface area contributed by atoms with Crippen molar-refractivity contribution in [3.05, 3.63) is 46.0 Å². The van der Waals surface area contributed by atoms with Gasteiger partial charge in [0.25, 0.3) is 0 Å². The van der Waals surface area contributed by atoms with Gasteiger partial charge >= 0.3 is 5.97 Å². The molecule has 0 bridgehead atoms. The van der Waals surface area contributed by atoms with Gasteiger partial charge in [-0.05, 0) is 24.8 Å². The minimum atomic E-state index is -1.19. The number of nitrogens with one attached hydrogen (secondary N) is 1. The number of fused-ring (bicyclic) bond motifs is 1. The average molecular weight is 387 g/mol. The van der Waals surface area contributed by atoms with E-state index in [4.69, 9.17) is 37.7 Å². The maximum atomic E-state index is 13.7. The lowest BCUT2D eigenvalue weighted by Crippen LogP contribution is -2.27. The quantitative estimate of drug-likeness (QED) is 0.592. The lowest BCUT2D eigenvalue weighted by molar-refractivity contribution is -0.140. The second kappa shape index (κ2) is 8.88. The minimum Gasteiger partial charge on any atom is -0.488 e. The smallest absolute Gasteiger partial charge is 0.329 e. The molecule has 0 amide bonds. The Labute approximate surface area is 153 Å². The number of hydrogen-bond acceptors (Lipinski definition) is 5. The molecule has 10 heteroatoms. The van der Waals surface area contributed by atoms with Gasteiger partial charge in [-0.1, -0.05) is 0 Å². The number of imidazole rings is 1. The summed E-state index contributed by atoms with van der Waals surface area (Å²) in [7, 11) is 0. The Bertz CT molecular complexity index is 837. The van der Waals surface area contributed by atoms with Crippen molar-refractivity contribution in [3.63, 3.8) is 0 Å². The molecule has 1 unspecified atom stereocenters. The van der Waals surface area contributed by atoms with Gasteiger partial charge in [-0.2, -0.15) is 0 Å². The van der Waals surface area contributed by atoms with Crippen LogP contribution >= 0.6 is 12.2 Å². The molecule has 1 aliphatic rings. The second-order valence-electron chi connectivity index (χ2n) is 5.59. The molecule has 0 spiro atoms. The number of carboxylic acids is 1. The van der Waals surface area contributed by atoms with Crippen molar-refractivity contribution < 1.29 is 28.5 Å². The van der Waals surface area contributed by atoms with Gasteiger partial charge in [0.05, 0.1) is 6.04 Å².